The summed E-state index contributed by atoms with van der Waals surface area (Å²) in [6.45, 7) is 5.54. The van der Waals surface area contributed by atoms with Gasteiger partial charge in [0.25, 0.3) is 0 Å². The molecule has 1 atom stereocenters. The van der Waals surface area contributed by atoms with Gasteiger partial charge < -0.3 is 19.4 Å². The first-order valence-corrected chi connectivity index (χ1v) is 12.8. The molecule has 1 unspecified atom stereocenters. The normalized spacial score (nSPS) is 21.1. The molecule has 2 aromatic rings. The molecule has 0 saturated carbocycles. The lowest BCUT2D eigenvalue weighted by atomic mass is 10.0. The number of benzene rings is 1. The van der Waals surface area contributed by atoms with Crippen molar-refractivity contribution in [3.8, 4) is 12.1 Å². The van der Waals surface area contributed by atoms with Gasteiger partial charge in [-0.25, -0.2) is 0 Å². The largest absolute Gasteiger partial charge is 0.462 e. The van der Waals surface area contributed by atoms with Crippen LogP contribution in [0.4, 0.5) is 24.7 Å². The highest BCUT2D eigenvalue weighted by Gasteiger charge is 2.36. The highest BCUT2D eigenvalue weighted by Crippen LogP contribution is 2.39. The Labute approximate surface area is 215 Å². The average molecular weight is 516 g/mol. The maximum atomic E-state index is 13.7. The second-order valence-electron chi connectivity index (χ2n) is 9.95. The predicted octanol–water partition coefficient (Wildman–Crippen LogP) is 3.18. The highest BCUT2D eigenvalue weighted by molar-refractivity contribution is 5.59. The first-order valence-electron chi connectivity index (χ1n) is 12.8. The minimum atomic E-state index is -4.43. The minimum Gasteiger partial charge on any atom is -0.462 e. The van der Waals surface area contributed by atoms with E-state index in [1.807, 2.05) is 0 Å². The molecule has 0 amide bonds. The summed E-state index contributed by atoms with van der Waals surface area (Å²) in [5, 5.41) is 9.03. The average Bonchev–Trinajstić information content (AvgIpc) is 3.31. The molecule has 198 valence electrons. The maximum Gasteiger partial charge on any atom is 0.418 e. The zero-order valence-corrected chi connectivity index (χ0v) is 21.0. The zero-order valence-electron chi connectivity index (χ0n) is 21.0. The van der Waals surface area contributed by atoms with Crippen LogP contribution in [0.3, 0.4) is 0 Å². The Morgan fingerprint density at radius 1 is 1.05 bits per heavy atom. The molecule has 2 saturated heterocycles. The predicted molar refractivity (Wildman–Crippen MR) is 134 cm³/mol. The van der Waals surface area contributed by atoms with Gasteiger partial charge in [-0.3, -0.25) is 4.90 Å². The molecule has 4 heterocycles. The molecule has 2 fully saturated rings. The maximum absolute atomic E-state index is 13.7. The number of ether oxygens (including phenoxy) is 1. The van der Waals surface area contributed by atoms with Crippen LogP contribution < -0.4 is 14.5 Å². The number of rotatable bonds is 6. The smallest absolute Gasteiger partial charge is 0.418 e. The molecule has 37 heavy (non-hydrogen) atoms. The molecule has 1 aromatic carbocycles. The van der Waals surface area contributed by atoms with Crippen LogP contribution in [-0.2, 0) is 19.1 Å². The van der Waals surface area contributed by atoms with Crippen molar-refractivity contribution in [2.45, 2.75) is 38.0 Å². The van der Waals surface area contributed by atoms with E-state index >= 15 is 0 Å². The number of likely N-dealkylation sites (tertiary alicyclic amines) is 1. The second-order valence-corrected chi connectivity index (χ2v) is 9.95. The van der Waals surface area contributed by atoms with Gasteiger partial charge in [0.15, 0.2) is 0 Å². The third-order valence-corrected chi connectivity index (χ3v) is 7.62. The number of anilines is 2. The van der Waals surface area contributed by atoms with Crippen LogP contribution in [0.5, 0.6) is 6.01 Å². The number of alkyl halides is 3. The first-order chi connectivity index (χ1) is 17.8. The van der Waals surface area contributed by atoms with E-state index in [1.165, 1.54) is 12.1 Å². The van der Waals surface area contributed by atoms with Crippen LogP contribution in [0.15, 0.2) is 24.3 Å². The molecule has 5 rings (SSSR count). The number of halogens is 3. The van der Waals surface area contributed by atoms with Gasteiger partial charge in [0, 0.05) is 50.0 Å². The van der Waals surface area contributed by atoms with E-state index < -0.39 is 11.7 Å². The molecular weight excluding hydrogens is 483 g/mol. The Morgan fingerprint density at radius 3 is 2.54 bits per heavy atom. The van der Waals surface area contributed by atoms with Crippen molar-refractivity contribution >= 4 is 11.5 Å². The monoisotopic (exact) mass is 515 g/mol. The molecule has 3 aliphatic heterocycles. The van der Waals surface area contributed by atoms with Crippen LogP contribution in [0.1, 0.15) is 29.7 Å². The van der Waals surface area contributed by atoms with Crippen molar-refractivity contribution in [1.29, 1.82) is 5.26 Å². The molecule has 0 N–H and O–H groups in total. The van der Waals surface area contributed by atoms with Crippen molar-refractivity contribution in [2.75, 3.05) is 69.3 Å². The Hall–Kier alpha value is -3.10. The fourth-order valence-corrected chi connectivity index (χ4v) is 5.49. The molecule has 0 aliphatic carbocycles. The van der Waals surface area contributed by atoms with Gasteiger partial charge in [0.1, 0.15) is 12.4 Å². The number of fused-ring (bicyclic) bond motifs is 1. The number of hydrogen-bond acceptors (Lipinski definition) is 8. The number of likely N-dealkylation sites (N-methyl/N-ethyl adjacent to an activating group) is 1. The van der Waals surface area contributed by atoms with Gasteiger partial charge in [0.05, 0.1) is 30.4 Å². The summed E-state index contributed by atoms with van der Waals surface area (Å²) < 4.78 is 47.3. The Balaban J connectivity index is 1.43. The molecule has 0 spiro atoms. The fraction of sp³-hybridized carbons (Fsp3) is 0.577. The molecule has 0 radical (unpaired) electrons. The van der Waals surface area contributed by atoms with Crippen LogP contribution in [0.2, 0.25) is 0 Å². The van der Waals surface area contributed by atoms with E-state index in [0.717, 1.165) is 63.0 Å². The Morgan fingerprint density at radius 2 is 1.84 bits per heavy atom. The van der Waals surface area contributed by atoms with Crippen molar-refractivity contribution in [2.24, 2.45) is 0 Å². The standard InChI is InChI=1S/C26H32F3N7O/c1-33-10-4-5-19(33)18-37-25-31-22-17-36(23-7-3-2-6-21(23)26(27,28)29)11-8-20(22)24(32-25)35-15-13-34(12-9-30)14-16-35/h2-3,6-7,19H,4-5,8,10-18H2,1H3. The SMILES string of the molecule is CN1CCCC1COc1nc2c(c(N3CCN(CC#N)CC3)n1)CCN(c1ccccc1C(F)(F)F)C2. The highest BCUT2D eigenvalue weighted by atomic mass is 19.4. The van der Waals surface area contributed by atoms with Crippen molar-refractivity contribution < 1.29 is 17.9 Å². The molecular formula is C26H32F3N7O. The number of nitrogens with zero attached hydrogens (tertiary/aromatic N) is 7. The quantitative estimate of drug-likeness (QED) is 0.544. The van der Waals surface area contributed by atoms with Crippen LogP contribution in [0.25, 0.3) is 0 Å². The van der Waals surface area contributed by atoms with Crippen LogP contribution in [-0.4, -0.2) is 85.3 Å². The summed E-state index contributed by atoms with van der Waals surface area (Å²) in [7, 11) is 2.08. The first kappa shape index (κ1) is 25.5. The lowest BCUT2D eigenvalue weighted by Gasteiger charge is -2.37. The summed E-state index contributed by atoms with van der Waals surface area (Å²) in [5.74, 6) is 0.806. The van der Waals surface area contributed by atoms with Crippen molar-refractivity contribution in [3.05, 3.63) is 41.1 Å². The summed E-state index contributed by atoms with van der Waals surface area (Å²) in [5.41, 5.74) is 1.21. The Bertz CT molecular complexity index is 1140. The fourth-order valence-electron chi connectivity index (χ4n) is 5.49. The van der Waals surface area contributed by atoms with Gasteiger partial charge in [-0.05, 0) is 45.0 Å². The van der Waals surface area contributed by atoms with E-state index in [0.29, 0.717) is 37.9 Å². The Kier molecular flexibility index (Phi) is 7.40. The van der Waals surface area contributed by atoms with E-state index in [1.54, 1.807) is 11.0 Å². The van der Waals surface area contributed by atoms with Crippen molar-refractivity contribution in [3.63, 3.8) is 0 Å². The summed E-state index contributed by atoms with van der Waals surface area (Å²) in [6.07, 6.45) is -1.71. The number of nitriles is 1. The lowest BCUT2D eigenvalue weighted by molar-refractivity contribution is -0.137. The second kappa shape index (κ2) is 10.7. The topological polar surface area (TPSA) is 71.8 Å². The summed E-state index contributed by atoms with van der Waals surface area (Å²) in [6, 6.07) is 8.49. The van der Waals surface area contributed by atoms with E-state index in [-0.39, 0.29) is 18.2 Å². The third-order valence-electron chi connectivity index (χ3n) is 7.62. The molecule has 1 aromatic heterocycles. The molecule has 8 nitrogen and oxygen atoms in total. The molecule has 3 aliphatic rings. The number of hydrogen-bond donors (Lipinski definition) is 0. The van der Waals surface area contributed by atoms with Gasteiger partial charge in [-0.1, -0.05) is 12.1 Å². The number of aromatic nitrogens is 2. The van der Waals surface area contributed by atoms with Gasteiger partial charge in [-0.2, -0.15) is 28.4 Å². The third kappa shape index (κ3) is 5.60. The van der Waals surface area contributed by atoms with Gasteiger partial charge >= 0.3 is 12.2 Å². The summed E-state index contributed by atoms with van der Waals surface area (Å²) >= 11 is 0. The number of para-hydroxylation sites is 1. The molecule has 0 bridgehead atoms. The summed E-state index contributed by atoms with van der Waals surface area (Å²) in [4.78, 5) is 17.8. The van der Waals surface area contributed by atoms with E-state index in [4.69, 9.17) is 20.0 Å². The minimum absolute atomic E-state index is 0.168. The van der Waals surface area contributed by atoms with Crippen LogP contribution in [0, 0.1) is 11.3 Å². The van der Waals surface area contributed by atoms with Gasteiger partial charge in [0.2, 0.25) is 0 Å². The van der Waals surface area contributed by atoms with E-state index in [9.17, 15) is 13.2 Å². The van der Waals surface area contributed by atoms with Crippen molar-refractivity contribution in [1.82, 2.24) is 19.8 Å². The molecule has 11 heteroatoms. The van der Waals surface area contributed by atoms with E-state index in [2.05, 4.69) is 27.8 Å². The number of piperazine rings is 1. The lowest BCUT2D eigenvalue weighted by Crippen LogP contribution is -2.47. The zero-order chi connectivity index (χ0) is 26.0. The van der Waals surface area contributed by atoms with Gasteiger partial charge in [-0.15, -0.1) is 0 Å². The van der Waals surface area contributed by atoms with Crippen LogP contribution >= 0.6 is 0 Å².